The fourth-order valence-electron chi connectivity index (χ4n) is 2.80. The van der Waals surface area contributed by atoms with Crippen LogP contribution in [0.4, 0.5) is 0 Å². The van der Waals surface area contributed by atoms with Crippen molar-refractivity contribution in [3.05, 3.63) is 28.2 Å². The summed E-state index contributed by atoms with van der Waals surface area (Å²) >= 11 is 3.36. The van der Waals surface area contributed by atoms with E-state index in [1.165, 1.54) is 0 Å². The number of carbonyl (C=O) groups excluding carboxylic acids is 1. The number of carbonyl (C=O) groups is 1. The topological polar surface area (TPSA) is 58.6 Å². The summed E-state index contributed by atoms with van der Waals surface area (Å²) in [6.45, 7) is 2.19. The van der Waals surface area contributed by atoms with Gasteiger partial charge >= 0.3 is 0 Å². The molecule has 0 aliphatic heterocycles. The molecule has 0 aromatic heterocycles. The van der Waals surface area contributed by atoms with Gasteiger partial charge in [0.25, 0.3) is 5.91 Å². The Labute approximate surface area is 134 Å². The van der Waals surface area contributed by atoms with Crippen molar-refractivity contribution in [3.63, 3.8) is 0 Å². The smallest absolute Gasteiger partial charge is 0.255 e. The maximum atomic E-state index is 12.5. The second kappa shape index (κ2) is 6.79. The van der Waals surface area contributed by atoms with Gasteiger partial charge < -0.3 is 15.2 Å². The minimum absolute atomic E-state index is 0.0235. The van der Waals surface area contributed by atoms with E-state index in [0.717, 1.165) is 30.2 Å². The molecule has 0 bridgehead atoms. The molecule has 1 aliphatic rings. The Kier molecular flexibility index (Phi) is 5.27. The first kappa shape index (κ1) is 16.3. The number of aliphatic hydroxyl groups excluding tert-OH is 1. The van der Waals surface area contributed by atoms with E-state index in [0.29, 0.717) is 17.2 Å². The van der Waals surface area contributed by atoms with E-state index in [9.17, 15) is 9.90 Å². The molecule has 2 rings (SSSR count). The van der Waals surface area contributed by atoms with Crippen LogP contribution in [0.15, 0.2) is 22.7 Å². The van der Waals surface area contributed by atoms with Crippen molar-refractivity contribution in [1.29, 1.82) is 0 Å². The zero-order valence-electron chi connectivity index (χ0n) is 12.5. The van der Waals surface area contributed by atoms with Crippen molar-refractivity contribution < 1.29 is 14.6 Å². The molecule has 0 spiro atoms. The lowest BCUT2D eigenvalue weighted by molar-refractivity contribution is 0.0714. The highest BCUT2D eigenvalue weighted by molar-refractivity contribution is 9.10. The fourth-order valence-corrected chi connectivity index (χ4v) is 3.14. The molecule has 1 fully saturated rings. The van der Waals surface area contributed by atoms with Gasteiger partial charge in [0.15, 0.2) is 0 Å². The van der Waals surface area contributed by atoms with Crippen LogP contribution in [-0.2, 0) is 0 Å². The van der Waals surface area contributed by atoms with E-state index in [1.54, 1.807) is 19.2 Å². The largest absolute Gasteiger partial charge is 0.496 e. The maximum Gasteiger partial charge on any atom is 0.255 e. The highest BCUT2D eigenvalue weighted by atomic mass is 79.9. The molecule has 21 heavy (non-hydrogen) atoms. The third kappa shape index (κ3) is 3.77. The Morgan fingerprint density at radius 1 is 1.48 bits per heavy atom. The molecule has 0 unspecified atom stereocenters. The lowest BCUT2D eigenvalue weighted by Gasteiger charge is -2.38. The number of benzene rings is 1. The van der Waals surface area contributed by atoms with Crippen molar-refractivity contribution in [2.75, 3.05) is 13.7 Å². The summed E-state index contributed by atoms with van der Waals surface area (Å²) < 4.78 is 6.13. The number of hydrogen-bond donors (Lipinski definition) is 2. The van der Waals surface area contributed by atoms with Gasteiger partial charge in [0.2, 0.25) is 0 Å². The summed E-state index contributed by atoms with van der Waals surface area (Å²) in [5.41, 5.74) is -0.00561. The van der Waals surface area contributed by atoms with E-state index in [1.807, 2.05) is 6.07 Å². The van der Waals surface area contributed by atoms with Gasteiger partial charge in [-0.2, -0.15) is 0 Å². The standard InChI is InChI=1S/C16H22BrNO3/c1-11-5-7-16(10-19,8-6-11)18-15(20)13-4-3-12(17)9-14(13)21-2/h3-4,9,11,19H,5-8,10H2,1-2H3,(H,18,20). The van der Waals surface area contributed by atoms with Crippen molar-refractivity contribution in [2.24, 2.45) is 5.92 Å². The van der Waals surface area contributed by atoms with Crippen molar-refractivity contribution in [1.82, 2.24) is 5.32 Å². The number of rotatable bonds is 4. The Morgan fingerprint density at radius 3 is 2.71 bits per heavy atom. The highest BCUT2D eigenvalue weighted by Gasteiger charge is 2.35. The van der Waals surface area contributed by atoms with Crippen LogP contribution >= 0.6 is 15.9 Å². The van der Waals surface area contributed by atoms with Gasteiger partial charge in [0.1, 0.15) is 5.75 Å². The lowest BCUT2D eigenvalue weighted by atomic mass is 9.77. The summed E-state index contributed by atoms with van der Waals surface area (Å²) in [7, 11) is 1.54. The SMILES string of the molecule is COc1cc(Br)ccc1C(=O)NC1(CO)CCC(C)CC1. The molecule has 1 saturated carbocycles. The molecule has 5 heteroatoms. The summed E-state index contributed by atoms with van der Waals surface area (Å²) in [6.07, 6.45) is 3.68. The van der Waals surface area contributed by atoms with Crippen molar-refractivity contribution in [3.8, 4) is 5.75 Å². The third-order valence-corrected chi connectivity index (χ3v) is 4.81. The van der Waals surface area contributed by atoms with Gasteiger partial charge in [-0.15, -0.1) is 0 Å². The monoisotopic (exact) mass is 355 g/mol. The molecule has 4 nitrogen and oxygen atoms in total. The van der Waals surface area contributed by atoms with Gasteiger partial charge in [-0.1, -0.05) is 22.9 Å². The molecule has 1 aliphatic carbocycles. The van der Waals surface area contributed by atoms with E-state index >= 15 is 0 Å². The second-order valence-corrected chi connectivity index (χ2v) is 6.84. The third-order valence-electron chi connectivity index (χ3n) is 4.32. The number of amides is 1. The van der Waals surface area contributed by atoms with E-state index in [2.05, 4.69) is 28.2 Å². The minimum Gasteiger partial charge on any atom is -0.496 e. The normalized spacial score (nSPS) is 25.4. The maximum absolute atomic E-state index is 12.5. The minimum atomic E-state index is -0.498. The summed E-state index contributed by atoms with van der Waals surface area (Å²) in [5, 5.41) is 12.8. The predicted octanol–water partition coefficient (Wildman–Crippen LogP) is 3.13. The Hall–Kier alpha value is -1.07. The van der Waals surface area contributed by atoms with Crippen molar-refractivity contribution in [2.45, 2.75) is 38.1 Å². The highest BCUT2D eigenvalue weighted by Crippen LogP contribution is 2.32. The molecule has 0 atom stereocenters. The zero-order chi connectivity index (χ0) is 15.5. The van der Waals surface area contributed by atoms with Crippen molar-refractivity contribution >= 4 is 21.8 Å². The van der Waals surface area contributed by atoms with Crippen LogP contribution in [0.2, 0.25) is 0 Å². The molecule has 0 heterocycles. The number of nitrogens with one attached hydrogen (secondary N) is 1. The second-order valence-electron chi connectivity index (χ2n) is 5.92. The van der Waals surface area contributed by atoms with Gasteiger partial charge in [-0.05, 0) is 49.8 Å². The molecule has 1 amide bonds. The summed E-state index contributed by atoms with van der Waals surface area (Å²) in [4.78, 5) is 12.5. The van der Waals surface area contributed by atoms with Crippen LogP contribution in [0.5, 0.6) is 5.75 Å². The Morgan fingerprint density at radius 2 is 2.14 bits per heavy atom. The zero-order valence-corrected chi connectivity index (χ0v) is 14.1. The first-order valence-electron chi connectivity index (χ1n) is 7.26. The van der Waals surface area contributed by atoms with Gasteiger partial charge in [-0.3, -0.25) is 4.79 Å². The van der Waals surface area contributed by atoms with Crippen LogP contribution < -0.4 is 10.1 Å². The van der Waals surface area contributed by atoms with Gasteiger partial charge in [0, 0.05) is 4.47 Å². The molecule has 2 N–H and O–H groups in total. The number of halogens is 1. The van der Waals surface area contributed by atoms with E-state index in [-0.39, 0.29) is 12.5 Å². The number of methoxy groups -OCH3 is 1. The van der Waals surface area contributed by atoms with Crippen LogP contribution in [-0.4, -0.2) is 30.3 Å². The summed E-state index contributed by atoms with van der Waals surface area (Å²) in [5.74, 6) is 0.992. The first-order valence-corrected chi connectivity index (χ1v) is 8.06. The van der Waals surface area contributed by atoms with Crippen LogP contribution in [0.3, 0.4) is 0 Å². The number of ether oxygens (including phenoxy) is 1. The molecular formula is C16H22BrNO3. The number of hydrogen-bond acceptors (Lipinski definition) is 3. The van der Waals surface area contributed by atoms with Crippen LogP contribution in [0.25, 0.3) is 0 Å². The molecule has 116 valence electrons. The molecule has 1 aromatic rings. The van der Waals surface area contributed by atoms with Gasteiger partial charge in [-0.25, -0.2) is 0 Å². The quantitative estimate of drug-likeness (QED) is 0.872. The first-order chi connectivity index (χ1) is 9.99. The Balaban J connectivity index is 2.16. The van der Waals surface area contributed by atoms with Crippen LogP contribution in [0, 0.1) is 5.92 Å². The molecule has 1 aromatic carbocycles. The molecule has 0 radical (unpaired) electrons. The van der Waals surface area contributed by atoms with E-state index in [4.69, 9.17) is 4.74 Å². The van der Waals surface area contributed by atoms with Gasteiger partial charge in [0.05, 0.1) is 24.8 Å². The molecule has 0 saturated heterocycles. The average molecular weight is 356 g/mol. The average Bonchev–Trinajstić information content (AvgIpc) is 2.49. The van der Waals surface area contributed by atoms with E-state index < -0.39 is 5.54 Å². The molecular weight excluding hydrogens is 334 g/mol. The predicted molar refractivity (Wildman–Crippen MR) is 85.6 cm³/mol. The Bertz CT molecular complexity index is 510. The fraction of sp³-hybridized carbons (Fsp3) is 0.562. The lowest BCUT2D eigenvalue weighted by Crippen LogP contribution is -2.53. The summed E-state index contributed by atoms with van der Waals surface area (Å²) in [6, 6.07) is 5.31. The number of aliphatic hydroxyl groups is 1. The van der Waals surface area contributed by atoms with Crippen LogP contribution in [0.1, 0.15) is 43.0 Å².